The second-order valence-corrected chi connectivity index (χ2v) is 9.38. The van der Waals surface area contributed by atoms with Crippen molar-refractivity contribution < 1.29 is 17.9 Å². The lowest BCUT2D eigenvalue weighted by atomic mass is 10.1. The first-order chi connectivity index (χ1) is 14.3. The normalized spacial score (nSPS) is 15.4. The van der Waals surface area contributed by atoms with Gasteiger partial charge >= 0.3 is 0 Å². The summed E-state index contributed by atoms with van der Waals surface area (Å²) in [6.45, 7) is 3.67. The highest BCUT2D eigenvalue weighted by Crippen LogP contribution is 2.25. The van der Waals surface area contributed by atoms with Crippen molar-refractivity contribution in [2.75, 3.05) is 41.0 Å². The van der Waals surface area contributed by atoms with E-state index >= 15 is 0 Å². The number of carbonyl (C=O) groups is 1. The smallest absolute Gasteiger partial charge is 0.247 e. The van der Waals surface area contributed by atoms with Gasteiger partial charge in [0, 0.05) is 24.5 Å². The van der Waals surface area contributed by atoms with Gasteiger partial charge in [0.05, 0.1) is 19.1 Å². The van der Waals surface area contributed by atoms with Crippen LogP contribution in [-0.4, -0.2) is 46.8 Å². The monoisotopic (exact) mass is 431 g/mol. The van der Waals surface area contributed by atoms with E-state index in [0.717, 1.165) is 29.3 Å². The van der Waals surface area contributed by atoms with Crippen LogP contribution in [0.15, 0.2) is 48.5 Å². The van der Waals surface area contributed by atoms with Crippen LogP contribution in [-0.2, 0) is 14.8 Å². The predicted octanol–water partition coefficient (Wildman–Crippen LogP) is 3.48. The minimum atomic E-state index is -3.67. The number of anilines is 3. The van der Waals surface area contributed by atoms with Gasteiger partial charge in [-0.25, -0.2) is 8.42 Å². The van der Waals surface area contributed by atoms with Crippen LogP contribution in [0.3, 0.4) is 0 Å². The summed E-state index contributed by atoms with van der Waals surface area (Å²) in [7, 11) is -2.13. The van der Waals surface area contributed by atoms with E-state index in [1.54, 1.807) is 31.2 Å². The van der Waals surface area contributed by atoms with Crippen molar-refractivity contribution in [3.8, 4) is 5.75 Å². The Bertz CT molecular complexity index is 953. The van der Waals surface area contributed by atoms with Gasteiger partial charge in [0.15, 0.2) is 0 Å². The minimum Gasteiger partial charge on any atom is -0.497 e. The van der Waals surface area contributed by atoms with Gasteiger partial charge in [-0.2, -0.15) is 0 Å². The third-order valence-electron chi connectivity index (χ3n) is 5.27. The van der Waals surface area contributed by atoms with Gasteiger partial charge in [-0.3, -0.25) is 9.10 Å². The number of benzene rings is 2. The van der Waals surface area contributed by atoms with Gasteiger partial charge in [0.1, 0.15) is 11.8 Å². The summed E-state index contributed by atoms with van der Waals surface area (Å²) in [6, 6.07) is 13.3. The Balaban J connectivity index is 1.73. The molecule has 3 rings (SSSR count). The molecule has 0 unspecified atom stereocenters. The maximum atomic E-state index is 12.8. The number of rotatable bonds is 7. The van der Waals surface area contributed by atoms with Gasteiger partial charge in [-0.1, -0.05) is 0 Å². The van der Waals surface area contributed by atoms with Crippen molar-refractivity contribution in [2.45, 2.75) is 32.2 Å². The van der Waals surface area contributed by atoms with Crippen molar-refractivity contribution in [1.82, 2.24) is 0 Å². The number of nitrogens with zero attached hydrogens (tertiary/aromatic N) is 2. The van der Waals surface area contributed by atoms with Crippen molar-refractivity contribution in [3.63, 3.8) is 0 Å². The molecule has 1 fully saturated rings. The number of piperidine rings is 1. The lowest BCUT2D eigenvalue weighted by Crippen LogP contribution is -2.45. The van der Waals surface area contributed by atoms with Gasteiger partial charge in [-0.05, 0) is 74.7 Å². The largest absolute Gasteiger partial charge is 0.497 e. The first-order valence-corrected chi connectivity index (χ1v) is 11.9. The number of hydrogen-bond donors (Lipinski definition) is 1. The number of sulfonamides is 1. The minimum absolute atomic E-state index is 0.401. The van der Waals surface area contributed by atoms with E-state index < -0.39 is 22.0 Å². The van der Waals surface area contributed by atoms with Crippen LogP contribution in [0.5, 0.6) is 5.75 Å². The number of ether oxygens (including phenoxy) is 1. The van der Waals surface area contributed by atoms with Crippen molar-refractivity contribution in [2.24, 2.45) is 0 Å². The fraction of sp³-hybridized carbons (Fsp3) is 0.409. The fourth-order valence-corrected chi connectivity index (χ4v) is 4.87. The van der Waals surface area contributed by atoms with Crippen LogP contribution in [0.4, 0.5) is 17.1 Å². The molecule has 0 spiro atoms. The van der Waals surface area contributed by atoms with Crippen LogP contribution in [0, 0.1) is 0 Å². The van der Waals surface area contributed by atoms with Crippen molar-refractivity contribution >= 4 is 33.0 Å². The van der Waals surface area contributed by atoms with E-state index in [4.69, 9.17) is 4.74 Å². The molecule has 0 bridgehead atoms. The molecule has 0 aromatic heterocycles. The zero-order chi connectivity index (χ0) is 21.7. The molecule has 1 aliphatic heterocycles. The maximum absolute atomic E-state index is 12.8. The molecule has 0 saturated carbocycles. The van der Waals surface area contributed by atoms with Crippen LogP contribution >= 0.6 is 0 Å². The Kier molecular flexibility index (Phi) is 6.87. The Morgan fingerprint density at radius 1 is 1.03 bits per heavy atom. The molecule has 1 N–H and O–H groups in total. The van der Waals surface area contributed by atoms with E-state index in [2.05, 4.69) is 10.2 Å². The SMILES string of the molecule is COc1ccc(N([C@H](C)C(=O)Nc2ccc(N3CCCCC3)cc2)S(C)(=O)=O)cc1. The summed E-state index contributed by atoms with van der Waals surface area (Å²) in [5, 5.41) is 2.83. The molecule has 8 heteroatoms. The summed E-state index contributed by atoms with van der Waals surface area (Å²) in [4.78, 5) is 15.2. The average molecular weight is 432 g/mol. The summed E-state index contributed by atoms with van der Waals surface area (Å²) in [6.07, 6.45) is 4.76. The molecule has 0 radical (unpaired) electrons. The maximum Gasteiger partial charge on any atom is 0.247 e. The van der Waals surface area contributed by atoms with Gasteiger partial charge in [0.2, 0.25) is 15.9 Å². The standard InChI is InChI=1S/C22H29N3O4S/c1-17(25(30(3,27)28)20-11-13-21(29-2)14-12-20)22(26)23-18-7-9-19(10-8-18)24-15-5-4-6-16-24/h7-14,17H,4-6,15-16H2,1-3H3,(H,23,26)/t17-/m1/s1. The number of methoxy groups -OCH3 is 1. The average Bonchev–Trinajstić information content (AvgIpc) is 2.74. The highest BCUT2D eigenvalue weighted by Gasteiger charge is 2.29. The lowest BCUT2D eigenvalue weighted by Gasteiger charge is -2.29. The molecule has 2 aromatic carbocycles. The first kappa shape index (κ1) is 22.0. The molecule has 1 heterocycles. The van der Waals surface area contributed by atoms with Gasteiger partial charge in [-0.15, -0.1) is 0 Å². The number of nitrogens with one attached hydrogen (secondary N) is 1. The molecule has 7 nitrogen and oxygen atoms in total. The highest BCUT2D eigenvalue weighted by atomic mass is 32.2. The quantitative estimate of drug-likeness (QED) is 0.726. The third kappa shape index (κ3) is 5.24. The third-order valence-corrected chi connectivity index (χ3v) is 6.51. The number of hydrogen-bond acceptors (Lipinski definition) is 5. The molecule has 0 aliphatic carbocycles. The second-order valence-electron chi connectivity index (χ2n) is 7.52. The Morgan fingerprint density at radius 3 is 2.17 bits per heavy atom. The molecule has 2 aromatic rings. The Morgan fingerprint density at radius 2 is 1.63 bits per heavy atom. The van der Waals surface area contributed by atoms with Crippen molar-refractivity contribution in [3.05, 3.63) is 48.5 Å². The molecule has 162 valence electrons. The Hall–Kier alpha value is -2.74. The molecule has 1 saturated heterocycles. The van der Waals surface area contributed by atoms with Crippen LogP contribution in [0.1, 0.15) is 26.2 Å². The first-order valence-electron chi connectivity index (χ1n) is 10.1. The van der Waals surface area contributed by atoms with Crippen LogP contribution in [0.25, 0.3) is 0 Å². The van der Waals surface area contributed by atoms with Gasteiger partial charge in [0.25, 0.3) is 0 Å². The zero-order valence-electron chi connectivity index (χ0n) is 17.7. The highest BCUT2D eigenvalue weighted by molar-refractivity contribution is 7.92. The van der Waals surface area contributed by atoms with Crippen molar-refractivity contribution in [1.29, 1.82) is 0 Å². The topological polar surface area (TPSA) is 79.0 Å². The predicted molar refractivity (Wildman–Crippen MR) is 121 cm³/mol. The zero-order valence-corrected chi connectivity index (χ0v) is 18.5. The summed E-state index contributed by atoms with van der Waals surface area (Å²) >= 11 is 0. The molecule has 1 aliphatic rings. The summed E-state index contributed by atoms with van der Waals surface area (Å²) in [5.41, 5.74) is 2.17. The van der Waals surface area contributed by atoms with E-state index in [1.165, 1.54) is 26.4 Å². The fourth-order valence-electron chi connectivity index (χ4n) is 3.69. The second kappa shape index (κ2) is 9.38. The summed E-state index contributed by atoms with van der Waals surface area (Å²) < 4.78 is 31.1. The number of amides is 1. The van der Waals surface area contributed by atoms with E-state index in [9.17, 15) is 13.2 Å². The molecule has 1 atom stereocenters. The number of carbonyl (C=O) groups excluding carboxylic acids is 1. The molecular formula is C22H29N3O4S. The molecule has 1 amide bonds. The van der Waals surface area contributed by atoms with E-state index in [1.807, 2.05) is 24.3 Å². The van der Waals surface area contributed by atoms with Crippen LogP contribution in [0.2, 0.25) is 0 Å². The molecule has 30 heavy (non-hydrogen) atoms. The van der Waals surface area contributed by atoms with E-state index in [-0.39, 0.29) is 0 Å². The van der Waals surface area contributed by atoms with Crippen LogP contribution < -0.4 is 19.3 Å². The van der Waals surface area contributed by atoms with E-state index in [0.29, 0.717) is 17.1 Å². The van der Waals surface area contributed by atoms with Gasteiger partial charge < -0.3 is 15.0 Å². The molecular weight excluding hydrogens is 402 g/mol. The summed E-state index contributed by atoms with van der Waals surface area (Å²) in [5.74, 6) is 0.208. The lowest BCUT2D eigenvalue weighted by molar-refractivity contribution is -0.116. The Labute approximate surface area is 178 Å².